The van der Waals surface area contributed by atoms with Crippen LogP contribution in [-0.2, 0) is 0 Å². The minimum Gasteiger partial charge on any atom is -0.330 e. The molecule has 3 heterocycles. The molecule has 3 aromatic rings. The van der Waals surface area contributed by atoms with Gasteiger partial charge in [0.25, 0.3) is 5.91 Å². The summed E-state index contributed by atoms with van der Waals surface area (Å²) in [5.41, 5.74) is 1.73. The van der Waals surface area contributed by atoms with Gasteiger partial charge in [-0.2, -0.15) is 0 Å². The SMILES string of the molecule is O=C(c1csc(-c2ccc(Cl)s2)n1)N1CCCC1c1ccccc1. The Labute approximate surface area is 153 Å². The normalized spacial score (nSPS) is 17.4. The molecule has 0 radical (unpaired) electrons. The first kappa shape index (κ1) is 15.8. The van der Waals surface area contributed by atoms with E-state index < -0.39 is 0 Å². The Balaban J connectivity index is 1.58. The largest absolute Gasteiger partial charge is 0.330 e. The topological polar surface area (TPSA) is 33.2 Å². The summed E-state index contributed by atoms with van der Waals surface area (Å²) in [6.07, 6.45) is 2.04. The zero-order valence-electron chi connectivity index (χ0n) is 12.8. The highest BCUT2D eigenvalue weighted by molar-refractivity contribution is 7.23. The number of benzene rings is 1. The highest BCUT2D eigenvalue weighted by atomic mass is 35.5. The van der Waals surface area contributed by atoms with Crippen LogP contribution in [0.2, 0.25) is 4.34 Å². The van der Waals surface area contributed by atoms with Crippen molar-refractivity contribution >= 4 is 40.2 Å². The van der Waals surface area contributed by atoms with Crippen molar-refractivity contribution in [1.82, 2.24) is 9.88 Å². The molecule has 1 atom stereocenters. The molecule has 0 spiro atoms. The van der Waals surface area contributed by atoms with Crippen LogP contribution in [-0.4, -0.2) is 22.3 Å². The molecular formula is C18H15ClN2OS2. The molecule has 0 aliphatic carbocycles. The third-order valence-corrected chi connectivity index (χ3v) is 6.45. The lowest BCUT2D eigenvalue weighted by Crippen LogP contribution is -2.30. The summed E-state index contributed by atoms with van der Waals surface area (Å²) in [7, 11) is 0. The lowest BCUT2D eigenvalue weighted by molar-refractivity contribution is 0.0730. The minimum atomic E-state index is 0.0199. The number of carbonyl (C=O) groups is 1. The standard InChI is InChI=1S/C18H15ClN2OS2/c19-16-9-8-15(24-16)17-20-13(11-23-17)18(22)21-10-4-7-14(21)12-5-2-1-3-6-12/h1-3,5-6,8-9,11,14H,4,7,10H2. The molecule has 0 saturated carbocycles. The number of thiazole rings is 1. The van der Waals surface area contributed by atoms with Crippen LogP contribution in [0, 0.1) is 0 Å². The fourth-order valence-corrected chi connectivity index (χ4v) is 5.00. The summed E-state index contributed by atoms with van der Waals surface area (Å²) < 4.78 is 0.733. The van der Waals surface area contributed by atoms with Crippen LogP contribution in [0.5, 0.6) is 0 Å². The van der Waals surface area contributed by atoms with Gasteiger partial charge in [-0.1, -0.05) is 41.9 Å². The fraction of sp³-hybridized carbons (Fsp3) is 0.222. The van der Waals surface area contributed by atoms with Crippen molar-refractivity contribution in [3.8, 4) is 9.88 Å². The van der Waals surface area contributed by atoms with Crippen molar-refractivity contribution in [2.75, 3.05) is 6.54 Å². The Morgan fingerprint density at radius 3 is 2.79 bits per heavy atom. The number of carbonyl (C=O) groups excluding carboxylic acids is 1. The van der Waals surface area contributed by atoms with Gasteiger partial charge in [-0.25, -0.2) is 4.98 Å². The number of rotatable bonds is 3. The first-order valence-corrected chi connectivity index (χ1v) is 9.87. The van der Waals surface area contributed by atoms with E-state index in [0.717, 1.165) is 33.6 Å². The van der Waals surface area contributed by atoms with Crippen molar-refractivity contribution in [2.45, 2.75) is 18.9 Å². The molecule has 1 aliphatic rings. The van der Waals surface area contributed by atoms with E-state index in [0.29, 0.717) is 5.69 Å². The van der Waals surface area contributed by atoms with Gasteiger partial charge in [0.15, 0.2) is 0 Å². The Bertz CT molecular complexity index is 859. The van der Waals surface area contributed by atoms with E-state index in [1.54, 1.807) is 0 Å². The zero-order valence-corrected chi connectivity index (χ0v) is 15.2. The van der Waals surface area contributed by atoms with E-state index in [2.05, 4.69) is 17.1 Å². The van der Waals surface area contributed by atoms with Crippen LogP contribution in [0.25, 0.3) is 9.88 Å². The van der Waals surface area contributed by atoms with Crippen LogP contribution in [0.4, 0.5) is 0 Å². The number of halogens is 1. The van der Waals surface area contributed by atoms with Gasteiger partial charge in [0, 0.05) is 11.9 Å². The van der Waals surface area contributed by atoms with Crippen LogP contribution >= 0.6 is 34.3 Å². The van der Waals surface area contributed by atoms with E-state index in [4.69, 9.17) is 11.6 Å². The third-order valence-electron chi connectivity index (χ3n) is 4.21. The molecule has 1 amide bonds. The maximum atomic E-state index is 12.9. The highest BCUT2D eigenvalue weighted by Gasteiger charge is 2.31. The zero-order chi connectivity index (χ0) is 16.5. The predicted octanol–water partition coefficient (Wildman–Crippen LogP) is 5.50. The summed E-state index contributed by atoms with van der Waals surface area (Å²) in [6, 6.07) is 14.2. The second kappa shape index (κ2) is 6.67. The van der Waals surface area contributed by atoms with Gasteiger partial charge >= 0.3 is 0 Å². The summed E-state index contributed by atoms with van der Waals surface area (Å²) >= 11 is 8.97. The van der Waals surface area contributed by atoms with Crippen molar-refractivity contribution < 1.29 is 4.79 Å². The van der Waals surface area contributed by atoms with E-state index in [9.17, 15) is 4.79 Å². The molecule has 24 heavy (non-hydrogen) atoms. The van der Waals surface area contributed by atoms with E-state index in [-0.39, 0.29) is 11.9 Å². The number of hydrogen-bond donors (Lipinski definition) is 0. The molecule has 4 rings (SSSR count). The molecule has 0 bridgehead atoms. The molecule has 122 valence electrons. The van der Waals surface area contributed by atoms with Gasteiger partial charge < -0.3 is 4.90 Å². The Morgan fingerprint density at radius 1 is 1.21 bits per heavy atom. The maximum Gasteiger partial charge on any atom is 0.273 e. The lowest BCUT2D eigenvalue weighted by atomic mass is 10.0. The molecule has 1 aromatic carbocycles. The number of thiophene rings is 1. The van der Waals surface area contributed by atoms with Crippen LogP contribution in [0.3, 0.4) is 0 Å². The second-order valence-electron chi connectivity index (χ2n) is 5.71. The average molecular weight is 375 g/mol. The van der Waals surface area contributed by atoms with E-state index in [1.807, 2.05) is 40.6 Å². The Kier molecular flexibility index (Phi) is 4.39. The molecule has 1 fully saturated rings. The van der Waals surface area contributed by atoms with Crippen LogP contribution in [0.15, 0.2) is 47.8 Å². The smallest absolute Gasteiger partial charge is 0.273 e. The van der Waals surface area contributed by atoms with Gasteiger partial charge in [-0.3, -0.25) is 4.79 Å². The van der Waals surface area contributed by atoms with Gasteiger partial charge in [0.2, 0.25) is 0 Å². The summed E-state index contributed by atoms with van der Waals surface area (Å²) in [4.78, 5) is 20.4. The van der Waals surface area contributed by atoms with Crippen LogP contribution in [0.1, 0.15) is 34.9 Å². The number of aromatic nitrogens is 1. The van der Waals surface area contributed by atoms with Crippen molar-refractivity contribution in [2.24, 2.45) is 0 Å². The molecule has 3 nitrogen and oxygen atoms in total. The van der Waals surface area contributed by atoms with E-state index >= 15 is 0 Å². The van der Waals surface area contributed by atoms with Gasteiger partial charge in [0.1, 0.15) is 10.7 Å². The van der Waals surface area contributed by atoms with Crippen molar-refractivity contribution in [3.05, 3.63) is 63.4 Å². The number of likely N-dealkylation sites (tertiary alicyclic amines) is 1. The molecule has 2 aromatic heterocycles. The monoisotopic (exact) mass is 374 g/mol. The molecular weight excluding hydrogens is 360 g/mol. The van der Waals surface area contributed by atoms with E-state index in [1.165, 1.54) is 28.2 Å². The minimum absolute atomic E-state index is 0.0199. The first-order valence-electron chi connectivity index (χ1n) is 7.79. The van der Waals surface area contributed by atoms with Crippen molar-refractivity contribution in [1.29, 1.82) is 0 Å². The molecule has 1 aliphatic heterocycles. The number of nitrogens with zero attached hydrogens (tertiary/aromatic N) is 2. The quantitative estimate of drug-likeness (QED) is 0.606. The van der Waals surface area contributed by atoms with Crippen molar-refractivity contribution in [3.63, 3.8) is 0 Å². The molecule has 1 saturated heterocycles. The molecule has 6 heteroatoms. The lowest BCUT2D eigenvalue weighted by Gasteiger charge is -2.24. The third kappa shape index (κ3) is 2.99. The van der Waals surface area contributed by atoms with Gasteiger partial charge in [-0.05, 0) is 30.5 Å². The Hall–Kier alpha value is -1.69. The summed E-state index contributed by atoms with van der Waals surface area (Å²) in [5, 5.41) is 2.71. The first-order chi connectivity index (χ1) is 11.7. The maximum absolute atomic E-state index is 12.9. The Morgan fingerprint density at radius 2 is 2.04 bits per heavy atom. The number of hydrogen-bond acceptors (Lipinski definition) is 4. The fourth-order valence-electron chi connectivity index (χ4n) is 3.09. The summed E-state index contributed by atoms with van der Waals surface area (Å²) in [6.45, 7) is 0.788. The van der Waals surface area contributed by atoms with Crippen LogP contribution < -0.4 is 0 Å². The van der Waals surface area contributed by atoms with Gasteiger partial charge in [0.05, 0.1) is 15.3 Å². The number of amides is 1. The average Bonchev–Trinajstić information content (AvgIpc) is 3.35. The predicted molar refractivity (Wildman–Crippen MR) is 99.9 cm³/mol. The molecule has 0 N–H and O–H groups in total. The second-order valence-corrected chi connectivity index (χ2v) is 8.28. The highest BCUT2D eigenvalue weighted by Crippen LogP contribution is 2.35. The summed E-state index contributed by atoms with van der Waals surface area (Å²) in [5.74, 6) is 0.0199. The molecule has 1 unspecified atom stereocenters. The van der Waals surface area contributed by atoms with Gasteiger partial charge in [-0.15, -0.1) is 22.7 Å².